The van der Waals surface area contributed by atoms with Crippen LogP contribution in [0.1, 0.15) is 0 Å². The first-order valence-corrected chi connectivity index (χ1v) is 23.2. The third-order valence-electron chi connectivity index (χ3n) is 13.4. The highest BCUT2D eigenvalue weighted by atomic mass is 32.1. The van der Waals surface area contributed by atoms with Crippen LogP contribution < -0.4 is 0 Å². The second-order valence-electron chi connectivity index (χ2n) is 17.1. The molecule has 5 heteroatoms. The van der Waals surface area contributed by atoms with E-state index in [4.69, 9.17) is 15.0 Å². The molecule has 0 aliphatic rings. The SMILES string of the molecule is c1ccc2cc3c(cc2c1)c1c2ccccc2ccc1n3-c1ccc(-c2nc(-c3cccc4ccccc34)nc(-c3cccc4ccccc34)n2)cc1-c1ccc2c(c1)sc1ccccc12. The van der Waals surface area contributed by atoms with Crippen LogP contribution in [-0.2, 0) is 0 Å². The van der Waals surface area contributed by atoms with Crippen LogP contribution in [0.4, 0.5) is 0 Å². The van der Waals surface area contributed by atoms with E-state index in [1.165, 1.54) is 52.5 Å². The van der Waals surface area contributed by atoms with E-state index in [1.807, 2.05) is 11.3 Å². The van der Waals surface area contributed by atoms with Gasteiger partial charge in [-0.1, -0.05) is 170 Å². The van der Waals surface area contributed by atoms with Crippen molar-refractivity contribution in [1.29, 1.82) is 0 Å². The average molecular weight is 857 g/mol. The number of thiophene rings is 1. The molecule has 14 rings (SSSR count). The summed E-state index contributed by atoms with van der Waals surface area (Å²) < 4.78 is 5.02. The summed E-state index contributed by atoms with van der Waals surface area (Å²) in [6.07, 6.45) is 0. The van der Waals surface area contributed by atoms with E-state index >= 15 is 0 Å². The molecule has 4 nitrogen and oxygen atoms in total. The van der Waals surface area contributed by atoms with Crippen LogP contribution in [0.2, 0.25) is 0 Å². The van der Waals surface area contributed by atoms with Crippen LogP contribution in [0.3, 0.4) is 0 Å². The smallest absolute Gasteiger partial charge is 0.164 e. The van der Waals surface area contributed by atoms with Gasteiger partial charge in [0.25, 0.3) is 0 Å². The van der Waals surface area contributed by atoms with E-state index < -0.39 is 0 Å². The summed E-state index contributed by atoms with van der Waals surface area (Å²) >= 11 is 1.84. The van der Waals surface area contributed by atoms with Crippen molar-refractivity contribution in [3.05, 3.63) is 218 Å². The van der Waals surface area contributed by atoms with Crippen LogP contribution in [0.25, 0.3) is 136 Å². The fourth-order valence-electron chi connectivity index (χ4n) is 10.3. The lowest BCUT2D eigenvalue weighted by molar-refractivity contribution is 1.08. The minimum Gasteiger partial charge on any atom is -0.309 e. The number of hydrogen-bond acceptors (Lipinski definition) is 4. The molecule has 0 spiro atoms. The Morgan fingerprint density at radius 3 is 1.56 bits per heavy atom. The molecule has 0 unspecified atom stereocenters. The van der Waals surface area contributed by atoms with Crippen molar-refractivity contribution < 1.29 is 0 Å². The molecule has 0 amide bonds. The van der Waals surface area contributed by atoms with E-state index in [0.29, 0.717) is 17.5 Å². The molecule has 0 N–H and O–H groups in total. The first kappa shape index (κ1) is 36.9. The molecule has 306 valence electrons. The molecule has 0 fully saturated rings. The molecule has 0 bridgehead atoms. The van der Waals surface area contributed by atoms with Crippen molar-refractivity contribution in [3.63, 3.8) is 0 Å². The van der Waals surface area contributed by atoms with Gasteiger partial charge < -0.3 is 4.57 Å². The molecule has 0 atom stereocenters. The maximum atomic E-state index is 5.38. The zero-order chi connectivity index (χ0) is 43.3. The number of hydrogen-bond donors (Lipinski definition) is 0. The molecule has 3 aromatic heterocycles. The Labute approximate surface area is 383 Å². The summed E-state index contributed by atoms with van der Waals surface area (Å²) in [5.41, 5.74) is 8.46. The Morgan fingerprint density at radius 2 is 0.848 bits per heavy atom. The van der Waals surface area contributed by atoms with E-state index in [2.05, 4.69) is 223 Å². The molecule has 0 aliphatic heterocycles. The normalized spacial score (nSPS) is 11.9. The highest BCUT2D eigenvalue weighted by molar-refractivity contribution is 7.25. The molecular weight excluding hydrogens is 821 g/mol. The third kappa shape index (κ3) is 5.74. The number of rotatable bonds is 5. The first-order chi connectivity index (χ1) is 32.7. The maximum absolute atomic E-state index is 5.38. The highest BCUT2D eigenvalue weighted by Crippen LogP contribution is 2.44. The lowest BCUT2D eigenvalue weighted by Crippen LogP contribution is -2.02. The highest BCUT2D eigenvalue weighted by Gasteiger charge is 2.22. The molecule has 11 aromatic carbocycles. The largest absolute Gasteiger partial charge is 0.309 e. The van der Waals surface area contributed by atoms with Gasteiger partial charge in [0.05, 0.1) is 16.7 Å². The Morgan fingerprint density at radius 1 is 0.303 bits per heavy atom. The molecule has 0 radical (unpaired) electrons. The second-order valence-corrected chi connectivity index (χ2v) is 18.2. The fourth-order valence-corrected chi connectivity index (χ4v) is 11.5. The summed E-state index contributed by atoms with van der Waals surface area (Å²) in [5, 5.41) is 14.4. The number of nitrogens with zero attached hydrogens (tertiary/aromatic N) is 4. The first-order valence-electron chi connectivity index (χ1n) is 22.3. The number of aromatic nitrogens is 4. The number of fused-ring (bicyclic) bond motifs is 11. The Bertz CT molecular complexity index is 4200. The molecule has 0 aliphatic carbocycles. The van der Waals surface area contributed by atoms with Crippen LogP contribution in [0.5, 0.6) is 0 Å². The van der Waals surface area contributed by atoms with Crippen LogP contribution in [0.15, 0.2) is 218 Å². The van der Waals surface area contributed by atoms with Gasteiger partial charge in [-0.3, -0.25) is 0 Å². The van der Waals surface area contributed by atoms with Gasteiger partial charge in [-0.15, -0.1) is 11.3 Å². The lowest BCUT2D eigenvalue weighted by atomic mass is 9.98. The summed E-state index contributed by atoms with van der Waals surface area (Å²) in [5.74, 6) is 1.89. The van der Waals surface area contributed by atoms with Crippen molar-refractivity contribution in [2.24, 2.45) is 0 Å². The second kappa shape index (κ2) is 14.5. The molecule has 14 aromatic rings. The minimum absolute atomic E-state index is 0.616. The topological polar surface area (TPSA) is 43.6 Å². The Balaban J connectivity index is 1.07. The van der Waals surface area contributed by atoms with E-state index in [1.54, 1.807) is 0 Å². The van der Waals surface area contributed by atoms with Gasteiger partial charge in [0.1, 0.15) is 0 Å². The summed E-state index contributed by atoms with van der Waals surface area (Å²) in [4.78, 5) is 16.0. The predicted molar refractivity (Wildman–Crippen MR) is 279 cm³/mol. The van der Waals surface area contributed by atoms with Gasteiger partial charge in [0.15, 0.2) is 17.5 Å². The van der Waals surface area contributed by atoms with Gasteiger partial charge >= 0.3 is 0 Å². The van der Waals surface area contributed by atoms with Crippen LogP contribution in [0, 0.1) is 0 Å². The Kier molecular flexibility index (Phi) is 8.12. The zero-order valence-electron chi connectivity index (χ0n) is 35.5. The zero-order valence-corrected chi connectivity index (χ0v) is 36.3. The van der Waals surface area contributed by atoms with Crippen LogP contribution >= 0.6 is 11.3 Å². The molecular formula is C61H36N4S. The average Bonchev–Trinajstić information content (AvgIpc) is 3.92. The van der Waals surface area contributed by atoms with Gasteiger partial charge in [0, 0.05) is 53.2 Å². The monoisotopic (exact) mass is 856 g/mol. The third-order valence-corrected chi connectivity index (χ3v) is 14.5. The summed E-state index contributed by atoms with van der Waals surface area (Å²) in [7, 11) is 0. The molecule has 0 saturated heterocycles. The van der Waals surface area contributed by atoms with Crippen molar-refractivity contribution in [2.75, 3.05) is 0 Å². The summed E-state index contributed by atoms with van der Waals surface area (Å²) in [6.45, 7) is 0. The van der Waals surface area contributed by atoms with Crippen LogP contribution in [-0.4, -0.2) is 19.5 Å². The number of benzene rings is 11. The Hall–Kier alpha value is -8.51. The maximum Gasteiger partial charge on any atom is 0.164 e. The van der Waals surface area contributed by atoms with Gasteiger partial charge in [0.2, 0.25) is 0 Å². The molecule has 3 heterocycles. The standard InChI is InChI=1S/C61H36N4S/c1-2-17-41-35-55-52(33-40(41)16-1)58-46-22-8-5-15-39(46)28-32-54(58)65(55)53-31-29-43(34-51(53)42-27-30-48-47-23-9-10-26-56(47)66-57(48)36-42)59-62-60(49-24-11-18-37-13-3-6-20-44(37)49)64-61(63-59)50-25-12-19-38-14-4-7-21-45(38)50/h1-36H. The van der Waals surface area contributed by atoms with Crippen molar-refractivity contribution in [2.45, 2.75) is 0 Å². The molecule has 66 heavy (non-hydrogen) atoms. The quantitative estimate of drug-likeness (QED) is 0.173. The minimum atomic E-state index is 0.616. The summed E-state index contributed by atoms with van der Waals surface area (Å²) in [6, 6.07) is 78.9. The van der Waals surface area contributed by atoms with Crippen molar-refractivity contribution in [3.8, 4) is 51.0 Å². The van der Waals surface area contributed by atoms with Gasteiger partial charge in [-0.05, 0) is 97.2 Å². The lowest BCUT2D eigenvalue weighted by Gasteiger charge is -2.17. The molecule has 0 saturated carbocycles. The van der Waals surface area contributed by atoms with Gasteiger partial charge in [-0.2, -0.15) is 0 Å². The van der Waals surface area contributed by atoms with E-state index in [9.17, 15) is 0 Å². The predicted octanol–water partition coefficient (Wildman–Crippen LogP) is 16.6. The fraction of sp³-hybridized carbons (Fsp3) is 0. The van der Waals surface area contributed by atoms with Gasteiger partial charge in [-0.25, -0.2) is 15.0 Å². The van der Waals surface area contributed by atoms with E-state index in [0.717, 1.165) is 66.1 Å². The van der Waals surface area contributed by atoms with Crippen molar-refractivity contribution >= 4 is 96.4 Å². The van der Waals surface area contributed by atoms with E-state index in [-0.39, 0.29) is 0 Å². The van der Waals surface area contributed by atoms with Crippen molar-refractivity contribution in [1.82, 2.24) is 19.5 Å².